The number of rotatable bonds is 13. The Kier molecular flexibility index (Phi) is 13.3. The molecule has 0 aliphatic heterocycles. The number of benzene rings is 1. The standard InChI is InChI=1S/C23H40N4O4/c1-6-24-21(25-14-7-8-16-30-18-17-29-5)26-15-13-19-9-11-20(12-10-19)27-22(28)31-23(2,3)4/h9-12H,6-8,13-18H2,1-5H3,(H,27,28)(H2,24,25,26). The van der Waals surface area contributed by atoms with Crippen molar-refractivity contribution in [3.63, 3.8) is 0 Å². The number of methoxy groups -OCH3 is 1. The number of anilines is 1. The van der Waals surface area contributed by atoms with E-state index in [1.54, 1.807) is 7.11 Å². The van der Waals surface area contributed by atoms with Gasteiger partial charge in [-0.3, -0.25) is 10.3 Å². The Morgan fingerprint density at radius 2 is 1.77 bits per heavy atom. The van der Waals surface area contributed by atoms with E-state index in [4.69, 9.17) is 14.2 Å². The average molecular weight is 437 g/mol. The summed E-state index contributed by atoms with van der Waals surface area (Å²) in [6.45, 7) is 11.9. The molecule has 0 radical (unpaired) electrons. The Morgan fingerprint density at radius 1 is 1.03 bits per heavy atom. The lowest BCUT2D eigenvalue weighted by Crippen LogP contribution is -2.38. The molecule has 31 heavy (non-hydrogen) atoms. The number of aliphatic imine (C=N–C) groups is 1. The van der Waals surface area contributed by atoms with E-state index in [9.17, 15) is 4.79 Å². The summed E-state index contributed by atoms with van der Waals surface area (Å²) in [5.41, 5.74) is 1.37. The van der Waals surface area contributed by atoms with Crippen LogP contribution >= 0.6 is 0 Å². The molecule has 0 fully saturated rings. The van der Waals surface area contributed by atoms with Gasteiger partial charge in [-0.25, -0.2) is 4.79 Å². The van der Waals surface area contributed by atoms with Gasteiger partial charge in [0.15, 0.2) is 5.96 Å². The molecule has 0 bridgehead atoms. The van der Waals surface area contributed by atoms with Gasteiger partial charge in [-0.15, -0.1) is 0 Å². The molecule has 0 spiro atoms. The number of carbonyl (C=O) groups is 1. The minimum Gasteiger partial charge on any atom is -0.444 e. The SMILES string of the molecule is CCNC(=NCCCCOCCOC)NCCc1ccc(NC(=O)OC(C)(C)C)cc1. The fraction of sp³-hybridized carbons (Fsp3) is 0.652. The van der Waals surface area contributed by atoms with Crippen molar-refractivity contribution in [3.8, 4) is 0 Å². The lowest BCUT2D eigenvalue weighted by Gasteiger charge is -2.19. The Bertz CT molecular complexity index is 642. The molecule has 1 rings (SSSR count). The second-order valence-corrected chi connectivity index (χ2v) is 8.07. The third-order valence-corrected chi connectivity index (χ3v) is 4.05. The molecule has 1 amide bonds. The predicted octanol–water partition coefficient (Wildman–Crippen LogP) is 3.57. The second kappa shape index (κ2) is 15.5. The summed E-state index contributed by atoms with van der Waals surface area (Å²) in [6.07, 6.45) is 2.37. The van der Waals surface area contributed by atoms with Crippen LogP contribution in [0.4, 0.5) is 10.5 Å². The highest BCUT2D eigenvalue weighted by Gasteiger charge is 2.16. The van der Waals surface area contributed by atoms with Crippen LogP contribution in [0, 0.1) is 0 Å². The lowest BCUT2D eigenvalue weighted by atomic mass is 10.1. The maximum atomic E-state index is 11.8. The van der Waals surface area contributed by atoms with E-state index < -0.39 is 11.7 Å². The predicted molar refractivity (Wildman–Crippen MR) is 126 cm³/mol. The first-order chi connectivity index (χ1) is 14.8. The lowest BCUT2D eigenvalue weighted by molar-refractivity contribution is 0.0636. The minimum atomic E-state index is -0.515. The number of carbonyl (C=O) groups excluding carboxylic acids is 1. The van der Waals surface area contributed by atoms with Gasteiger partial charge in [0.2, 0.25) is 0 Å². The summed E-state index contributed by atoms with van der Waals surface area (Å²) < 4.78 is 15.7. The van der Waals surface area contributed by atoms with Gasteiger partial charge in [-0.05, 0) is 64.7 Å². The molecule has 176 valence electrons. The number of hydrogen-bond acceptors (Lipinski definition) is 5. The average Bonchev–Trinajstić information content (AvgIpc) is 2.70. The van der Waals surface area contributed by atoms with Crippen LogP contribution in [0.15, 0.2) is 29.3 Å². The van der Waals surface area contributed by atoms with Gasteiger partial charge >= 0.3 is 6.09 Å². The Morgan fingerprint density at radius 3 is 2.42 bits per heavy atom. The van der Waals surface area contributed by atoms with Crippen molar-refractivity contribution in [1.29, 1.82) is 0 Å². The van der Waals surface area contributed by atoms with E-state index in [0.717, 1.165) is 51.5 Å². The number of nitrogens with zero attached hydrogens (tertiary/aromatic N) is 1. The zero-order chi connectivity index (χ0) is 23.0. The maximum Gasteiger partial charge on any atom is 0.412 e. The highest BCUT2D eigenvalue weighted by Crippen LogP contribution is 2.13. The van der Waals surface area contributed by atoms with Crippen molar-refractivity contribution in [1.82, 2.24) is 10.6 Å². The molecule has 0 unspecified atom stereocenters. The number of amides is 1. The zero-order valence-corrected chi connectivity index (χ0v) is 19.8. The van der Waals surface area contributed by atoms with E-state index in [2.05, 4.69) is 27.9 Å². The molecule has 0 aliphatic rings. The van der Waals surface area contributed by atoms with Gasteiger partial charge in [0.25, 0.3) is 0 Å². The molecule has 0 saturated heterocycles. The van der Waals surface area contributed by atoms with E-state index >= 15 is 0 Å². The minimum absolute atomic E-state index is 0.449. The molecule has 1 aromatic rings. The molecule has 0 aromatic heterocycles. The van der Waals surface area contributed by atoms with Crippen LogP contribution in [0.25, 0.3) is 0 Å². The molecule has 0 saturated carbocycles. The molecule has 0 heterocycles. The molecular formula is C23H40N4O4. The summed E-state index contributed by atoms with van der Waals surface area (Å²) in [4.78, 5) is 16.4. The van der Waals surface area contributed by atoms with Gasteiger partial charge in [0.05, 0.1) is 13.2 Å². The van der Waals surface area contributed by atoms with Crippen molar-refractivity contribution in [3.05, 3.63) is 29.8 Å². The third kappa shape index (κ3) is 14.3. The first-order valence-corrected chi connectivity index (χ1v) is 11.0. The van der Waals surface area contributed by atoms with E-state index in [1.807, 2.05) is 45.0 Å². The fourth-order valence-corrected chi connectivity index (χ4v) is 2.59. The summed E-state index contributed by atoms with van der Waals surface area (Å²) in [5.74, 6) is 0.825. The van der Waals surface area contributed by atoms with E-state index in [0.29, 0.717) is 18.9 Å². The number of nitrogens with one attached hydrogen (secondary N) is 3. The molecule has 0 aliphatic carbocycles. The van der Waals surface area contributed by atoms with Crippen LogP contribution in [0.5, 0.6) is 0 Å². The van der Waals surface area contributed by atoms with Gasteiger partial charge in [0.1, 0.15) is 5.60 Å². The van der Waals surface area contributed by atoms with Crippen LogP contribution in [0.3, 0.4) is 0 Å². The van der Waals surface area contributed by atoms with Crippen LogP contribution in [0.2, 0.25) is 0 Å². The van der Waals surface area contributed by atoms with Crippen LogP contribution in [-0.2, 0) is 20.6 Å². The summed E-state index contributed by atoms with van der Waals surface area (Å²) >= 11 is 0. The van der Waals surface area contributed by atoms with Crippen molar-refractivity contribution in [2.75, 3.05) is 51.9 Å². The fourth-order valence-electron chi connectivity index (χ4n) is 2.59. The van der Waals surface area contributed by atoms with Crippen molar-refractivity contribution in [2.45, 2.75) is 52.6 Å². The highest BCUT2D eigenvalue weighted by molar-refractivity contribution is 5.84. The number of ether oxygens (including phenoxy) is 3. The van der Waals surface area contributed by atoms with Crippen LogP contribution < -0.4 is 16.0 Å². The van der Waals surface area contributed by atoms with Crippen molar-refractivity contribution >= 4 is 17.7 Å². The molecule has 1 aromatic carbocycles. The topological polar surface area (TPSA) is 93.2 Å². The van der Waals surface area contributed by atoms with Gasteiger partial charge in [0, 0.05) is 39.0 Å². The Hall–Kier alpha value is -2.32. The van der Waals surface area contributed by atoms with Crippen molar-refractivity contribution < 1.29 is 19.0 Å². The van der Waals surface area contributed by atoms with Gasteiger partial charge in [-0.1, -0.05) is 12.1 Å². The summed E-state index contributed by atoms with van der Waals surface area (Å²) in [5, 5.41) is 9.37. The number of guanidine groups is 1. The van der Waals surface area contributed by atoms with Gasteiger partial charge in [-0.2, -0.15) is 0 Å². The monoisotopic (exact) mass is 436 g/mol. The van der Waals surface area contributed by atoms with Gasteiger partial charge < -0.3 is 24.8 Å². The molecule has 8 heteroatoms. The Labute approximate surface area is 187 Å². The zero-order valence-electron chi connectivity index (χ0n) is 19.8. The Balaban J connectivity index is 2.32. The van der Waals surface area contributed by atoms with Crippen molar-refractivity contribution in [2.24, 2.45) is 4.99 Å². The third-order valence-electron chi connectivity index (χ3n) is 4.05. The first-order valence-electron chi connectivity index (χ1n) is 11.0. The largest absolute Gasteiger partial charge is 0.444 e. The van der Waals surface area contributed by atoms with Crippen LogP contribution in [-0.4, -0.2) is 64.2 Å². The van der Waals surface area contributed by atoms with Crippen LogP contribution in [0.1, 0.15) is 46.1 Å². The molecule has 3 N–H and O–H groups in total. The smallest absolute Gasteiger partial charge is 0.412 e. The highest BCUT2D eigenvalue weighted by atomic mass is 16.6. The number of unbranched alkanes of at least 4 members (excludes halogenated alkanes) is 1. The van der Waals surface area contributed by atoms with E-state index in [1.165, 1.54) is 5.56 Å². The normalized spacial score (nSPS) is 11.8. The maximum absolute atomic E-state index is 11.8. The second-order valence-electron chi connectivity index (χ2n) is 8.07. The molecule has 0 atom stereocenters. The number of hydrogen-bond donors (Lipinski definition) is 3. The molecular weight excluding hydrogens is 396 g/mol. The summed E-state index contributed by atoms with van der Waals surface area (Å²) in [7, 11) is 1.67. The quantitative estimate of drug-likeness (QED) is 0.249. The van der Waals surface area contributed by atoms with E-state index in [-0.39, 0.29) is 0 Å². The molecule has 8 nitrogen and oxygen atoms in total. The summed E-state index contributed by atoms with van der Waals surface area (Å²) in [6, 6.07) is 7.77. The first kappa shape index (κ1) is 26.7.